The zero-order chi connectivity index (χ0) is 19.2. The number of nitrogens with one attached hydrogen (secondary N) is 3. The number of amides is 1. The Hall–Kier alpha value is -2.48. The summed E-state index contributed by atoms with van der Waals surface area (Å²) in [7, 11) is 0. The van der Waals surface area contributed by atoms with Crippen LogP contribution in [-0.2, 0) is 11.3 Å². The molecule has 1 fully saturated rings. The maximum Gasteiger partial charge on any atom is 0.289 e. The molecule has 2 aromatic carbocycles. The highest BCUT2D eigenvalue weighted by Crippen LogP contribution is 2.27. The van der Waals surface area contributed by atoms with Crippen LogP contribution in [0.15, 0.2) is 48.5 Å². The van der Waals surface area contributed by atoms with Crippen LogP contribution in [0.2, 0.25) is 5.02 Å². The fraction of sp³-hybridized carbons (Fsp3) is 0.316. The van der Waals surface area contributed by atoms with Gasteiger partial charge in [-0.2, -0.15) is 0 Å². The minimum atomic E-state index is -0.558. The fourth-order valence-electron chi connectivity index (χ4n) is 3.36. The number of anilines is 1. The lowest BCUT2D eigenvalue weighted by Crippen LogP contribution is -3.28. The number of carbonyl (C=O) groups is 1. The second kappa shape index (κ2) is 8.94. The zero-order valence-electron chi connectivity index (χ0n) is 14.9. The largest absolute Gasteiger partial charge is 0.322 e. The minimum absolute atomic E-state index is 0.0566. The van der Waals surface area contributed by atoms with Crippen molar-refractivity contribution in [1.82, 2.24) is 0 Å². The first-order valence-corrected chi connectivity index (χ1v) is 9.34. The van der Waals surface area contributed by atoms with Crippen LogP contribution >= 0.6 is 11.6 Å². The monoisotopic (exact) mass is 390 g/mol. The topological polar surface area (TPSA) is 81.1 Å². The van der Waals surface area contributed by atoms with Gasteiger partial charge in [0.25, 0.3) is 11.6 Å². The van der Waals surface area contributed by atoms with Crippen molar-refractivity contribution in [1.29, 1.82) is 0 Å². The molecule has 27 heavy (non-hydrogen) atoms. The second-order valence-corrected chi connectivity index (χ2v) is 7.22. The molecule has 0 aliphatic carbocycles. The Morgan fingerprint density at radius 1 is 1.07 bits per heavy atom. The number of carbonyl (C=O) groups excluding carboxylic acids is 1. The summed E-state index contributed by atoms with van der Waals surface area (Å²) in [5, 5.41) is 13.7. The Bertz CT molecular complexity index is 808. The SMILES string of the molecule is O=C(C[NH+]1CC[NH+](Cc2ccccc2)CC1)Nc1ccc(Cl)c([N+](=O)[O-])c1. The van der Waals surface area contributed by atoms with Crippen LogP contribution in [0.4, 0.5) is 11.4 Å². The van der Waals surface area contributed by atoms with Crippen LogP contribution in [0.5, 0.6) is 0 Å². The van der Waals surface area contributed by atoms with Gasteiger partial charge in [0.2, 0.25) is 0 Å². The molecule has 3 rings (SSSR count). The van der Waals surface area contributed by atoms with Gasteiger partial charge in [-0.15, -0.1) is 0 Å². The molecule has 1 aliphatic heterocycles. The second-order valence-electron chi connectivity index (χ2n) is 6.81. The highest BCUT2D eigenvalue weighted by molar-refractivity contribution is 6.32. The van der Waals surface area contributed by atoms with Gasteiger partial charge in [0, 0.05) is 17.3 Å². The van der Waals surface area contributed by atoms with E-state index in [4.69, 9.17) is 11.6 Å². The minimum Gasteiger partial charge on any atom is -0.322 e. The van der Waals surface area contributed by atoms with Crippen molar-refractivity contribution < 1.29 is 19.5 Å². The highest BCUT2D eigenvalue weighted by atomic mass is 35.5. The third-order valence-electron chi connectivity index (χ3n) is 4.80. The third kappa shape index (κ3) is 5.50. The Morgan fingerprint density at radius 2 is 1.74 bits per heavy atom. The first-order chi connectivity index (χ1) is 13.0. The average Bonchev–Trinajstić information content (AvgIpc) is 2.65. The van der Waals surface area contributed by atoms with Crippen molar-refractivity contribution in [3.8, 4) is 0 Å². The van der Waals surface area contributed by atoms with E-state index in [1.54, 1.807) is 6.07 Å². The molecule has 1 amide bonds. The predicted molar refractivity (Wildman–Crippen MR) is 103 cm³/mol. The van der Waals surface area contributed by atoms with Gasteiger partial charge in [0.15, 0.2) is 6.54 Å². The molecule has 0 unspecified atom stereocenters. The lowest BCUT2D eigenvalue weighted by atomic mass is 10.2. The molecule has 0 spiro atoms. The van der Waals surface area contributed by atoms with Crippen molar-refractivity contribution in [2.45, 2.75) is 6.54 Å². The van der Waals surface area contributed by atoms with Crippen LogP contribution in [0.25, 0.3) is 0 Å². The number of hydrogen-bond acceptors (Lipinski definition) is 3. The number of benzene rings is 2. The van der Waals surface area contributed by atoms with E-state index in [2.05, 4.69) is 29.6 Å². The molecule has 0 bridgehead atoms. The van der Waals surface area contributed by atoms with E-state index in [0.717, 1.165) is 32.7 Å². The van der Waals surface area contributed by atoms with Crippen molar-refractivity contribution >= 4 is 28.9 Å². The average molecular weight is 391 g/mol. The van der Waals surface area contributed by atoms with Gasteiger partial charge in [-0.3, -0.25) is 14.9 Å². The number of nitro groups is 1. The summed E-state index contributed by atoms with van der Waals surface area (Å²) in [5.41, 5.74) is 1.52. The van der Waals surface area contributed by atoms with Crippen molar-refractivity contribution in [2.24, 2.45) is 0 Å². The molecule has 3 N–H and O–H groups in total. The molecule has 1 heterocycles. The third-order valence-corrected chi connectivity index (χ3v) is 5.12. The Kier molecular flexibility index (Phi) is 6.39. The summed E-state index contributed by atoms with van der Waals surface area (Å²) in [6.07, 6.45) is 0. The molecular weight excluding hydrogens is 368 g/mol. The van der Waals surface area contributed by atoms with E-state index in [-0.39, 0.29) is 16.6 Å². The molecule has 7 nitrogen and oxygen atoms in total. The van der Waals surface area contributed by atoms with Gasteiger partial charge in [0.05, 0.1) is 4.92 Å². The number of halogens is 1. The standard InChI is InChI=1S/C19H21ClN4O3/c20-17-7-6-16(12-18(17)24(26)27)21-19(25)14-23-10-8-22(9-11-23)13-15-4-2-1-3-5-15/h1-7,12H,8-11,13-14H2,(H,21,25)/p+2. The molecular formula is C19H23ClN4O3+2. The van der Waals surface area contributed by atoms with Crippen molar-refractivity contribution in [3.63, 3.8) is 0 Å². The number of nitro benzene ring substituents is 1. The summed E-state index contributed by atoms with van der Waals surface area (Å²) in [6.45, 7) is 5.25. The molecule has 0 atom stereocenters. The van der Waals surface area contributed by atoms with E-state index in [1.165, 1.54) is 27.5 Å². The predicted octanol–water partition coefficient (Wildman–Crippen LogP) is 0.170. The molecule has 0 radical (unpaired) electrons. The lowest BCUT2D eigenvalue weighted by molar-refractivity contribution is -1.02. The molecule has 2 aromatic rings. The summed E-state index contributed by atoms with van der Waals surface area (Å²) in [6, 6.07) is 14.7. The Labute approximate surface area is 162 Å². The van der Waals surface area contributed by atoms with Gasteiger partial charge in [-0.25, -0.2) is 0 Å². The van der Waals surface area contributed by atoms with Crippen LogP contribution in [0.3, 0.4) is 0 Å². The number of rotatable bonds is 6. The molecule has 0 saturated carbocycles. The zero-order valence-corrected chi connectivity index (χ0v) is 15.7. The van der Waals surface area contributed by atoms with Gasteiger partial charge in [-0.05, 0) is 12.1 Å². The molecule has 1 aliphatic rings. The van der Waals surface area contributed by atoms with E-state index in [9.17, 15) is 14.9 Å². The molecule has 142 valence electrons. The number of hydrogen-bond donors (Lipinski definition) is 3. The van der Waals surface area contributed by atoms with Crippen molar-refractivity contribution in [2.75, 3.05) is 38.0 Å². The maximum atomic E-state index is 12.3. The maximum absolute atomic E-state index is 12.3. The molecule has 1 saturated heterocycles. The fourth-order valence-corrected chi connectivity index (χ4v) is 3.54. The van der Waals surface area contributed by atoms with Crippen LogP contribution in [0, 0.1) is 10.1 Å². The van der Waals surface area contributed by atoms with E-state index < -0.39 is 4.92 Å². The van der Waals surface area contributed by atoms with Crippen LogP contribution in [0.1, 0.15) is 5.56 Å². The smallest absolute Gasteiger partial charge is 0.289 e. The van der Waals surface area contributed by atoms with Crippen LogP contribution in [-0.4, -0.2) is 43.6 Å². The van der Waals surface area contributed by atoms with E-state index >= 15 is 0 Å². The summed E-state index contributed by atoms with van der Waals surface area (Å²) < 4.78 is 0. The summed E-state index contributed by atoms with van der Waals surface area (Å²) in [4.78, 5) is 25.4. The summed E-state index contributed by atoms with van der Waals surface area (Å²) >= 11 is 5.79. The van der Waals surface area contributed by atoms with Crippen LogP contribution < -0.4 is 15.1 Å². The van der Waals surface area contributed by atoms with E-state index in [1.807, 2.05) is 6.07 Å². The first kappa shape index (κ1) is 19.3. The number of piperazine rings is 1. The number of nitrogens with zero attached hydrogens (tertiary/aromatic N) is 1. The van der Waals surface area contributed by atoms with Gasteiger partial charge in [0.1, 0.15) is 37.7 Å². The summed E-state index contributed by atoms with van der Waals surface area (Å²) in [5.74, 6) is -0.145. The Morgan fingerprint density at radius 3 is 2.41 bits per heavy atom. The van der Waals surface area contributed by atoms with Gasteiger partial charge >= 0.3 is 0 Å². The molecule has 0 aromatic heterocycles. The number of quaternary nitrogens is 2. The van der Waals surface area contributed by atoms with Gasteiger partial charge < -0.3 is 15.1 Å². The quantitative estimate of drug-likeness (QED) is 0.486. The van der Waals surface area contributed by atoms with E-state index in [0.29, 0.717) is 12.2 Å². The Balaban J connectivity index is 1.47. The normalized spacial score (nSPS) is 19.4. The molecule has 8 heteroatoms. The first-order valence-electron chi connectivity index (χ1n) is 8.96. The van der Waals surface area contributed by atoms with Gasteiger partial charge in [-0.1, -0.05) is 41.9 Å². The van der Waals surface area contributed by atoms with Crippen molar-refractivity contribution in [3.05, 3.63) is 69.2 Å². The lowest BCUT2D eigenvalue weighted by Gasteiger charge is -2.29. The highest BCUT2D eigenvalue weighted by Gasteiger charge is 2.25.